The molecule has 0 aliphatic rings. The van der Waals surface area contributed by atoms with E-state index in [1.54, 1.807) is 38.7 Å². The summed E-state index contributed by atoms with van der Waals surface area (Å²) in [6.07, 6.45) is 0. The van der Waals surface area contributed by atoms with Gasteiger partial charge in [-0.25, -0.2) is 4.98 Å². The number of ether oxygens (including phenoxy) is 2. The number of nitrogens with one attached hydrogen (secondary N) is 2. The van der Waals surface area contributed by atoms with E-state index in [1.807, 2.05) is 13.0 Å². The van der Waals surface area contributed by atoms with E-state index in [1.165, 1.54) is 11.3 Å². The number of hydrogen-bond donors (Lipinski definition) is 2. The number of nitrogens with zero attached hydrogens (tertiary/aromatic N) is 1. The van der Waals surface area contributed by atoms with Gasteiger partial charge in [0.25, 0.3) is 5.91 Å². The minimum Gasteiger partial charge on any atom is -0.493 e. The Balaban J connectivity index is 2.14. The van der Waals surface area contributed by atoms with Crippen LogP contribution in [0, 0.1) is 0 Å². The number of carbonyl (C=O) groups is 2. The van der Waals surface area contributed by atoms with Crippen LogP contribution in [0.15, 0.2) is 23.6 Å². The van der Waals surface area contributed by atoms with Crippen LogP contribution in [-0.2, 0) is 4.79 Å². The van der Waals surface area contributed by atoms with Gasteiger partial charge in [-0.3, -0.25) is 9.59 Å². The van der Waals surface area contributed by atoms with E-state index in [-0.39, 0.29) is 17.5 Å². The van der Waals surface area contributed by atoms with Crippen LogP contribution in [0.1, 0.15) is 24.3 Å². The first-order valence-electron chi connectivity index (χ1n) is 7.76. The molecule has 0 spiro atoms. The molecule has 7 nitrogen and oxygen atoms in total. The molecule has 0 aliphatic carbocycles. The van der Waals surface area contributed by atoms with Gasteiger partial charge >= 0.3 is 0 Å². The van der Waals surface area contributed by atoms with E-state index in [9.17, 15) is 9.59 Å². The lowest BCUT2D eigenvalue weighted by Gasteiger charge is -2.12. The largest absolute Gasteiger partial charge is 0.493 e. The highest BCUT2D eigenvalue weighted by Gasteiger charge is 2.18. The average Bonchev–Trinajstić information content (AvgIpc) is 3.11. The smallest absolute Gasteiger partial charge is 0.271 e. The Bertz CT molecular complexity index is 760. The molecule has 0 radical (unpaired) electrons. The lowest BCUT2D eigenvalue weighted by atomic mass is 10.2. The molecule has 2 N–H and O–H groups in total. The molecule has 8 heteroatoms. The molecule has 1 aromatic heterocycles. The fourth-order valence-electron chi connectivity index (χ4n) is 2.14. The molecular weight excluding hydrogens is 342 g/mol. The maximum Gasteiger partial charge on any atom is 0.271 e. The van der Waals surface area contributed by atoms with Crippen molar-refractivity contribution in [2.24, 2.45) is 0 Å². The molecule has 2 aromatic rings. The summed E-state index contributed by atoms with van der Waals surface area (Å²) in [5.74, 6) is 0.593. The second kappa shape index (κ2) is 8.48. The van der Waals surface area contributed by atoms with Gasteiger partial charge in [0, 0.05) is 17.5 Å². The molecular formula is C17H21N3O4S. The molecule has 1 aromatic carbocycles. The first kappa shape index (κ1) is 18.7. The highest BCUT2D eigenvalue weighted by atomic mass is 32.1. The van der Waals surface area contributed by atoms with Crippen molar-refractivity contribution in [1.29, 1.82) is 0 Å². The van der Waals surface area contributed by atoms with Crippen LogP contribution < -0.4 is 20.1 Å². The molecule has 0 aliphatic heterocycles. The molecule has 0 fully saturated rings. The highest BCUT2D eigenvalue weighted by molar-refractivity contribution is 7.13. The summed E-state index contributed by atoms with van der Waals surface area (Å²) in [5.41, 5.74) is 1.09. The van der Waals surface area contributed by atoms with Crippen LogP contribution in [0.2, 0.25) is 0 Å². The number of aromatic nitrogens is 1. The van der Waals surface area contributed by atoms with Crippen LogP contribution in [0.4, 0.5) is 0 Å². The maximum absolute atomic E-state index is 12.2. The third-order valence-corrected chi connectivity index (χ3v) is 4.35. The Kier molecular flexibility index (Phi) is 6.35. The second-order valence-electron chi connectivity index (χ2n) is 5.20. The summed E-state index contributed by atoms with van der Waals surface area (Å²) < 4.78 is 10.5. The van der Waals surface area contributed by atoms with E-state index in [0.29, 0.717) is 23.1 Å². The minimum absolute atomic E-state index is 0.230. The molecule has 1 heterocycles. The Morgan fingerprint density at radius 2 is 1.96 bits per heavy atom. The van der Waals surface area contributed by atoms with E-state index in [0.717, 1.165) is 5.56 Å². The summed E-state index contributed by atoms with van der Waals surface area (Å²) in [4.78, 5) is 28.3. The number of methoxy groups -OCH3 is 2. The number of benzene rings is 1. The number of rotatable bonds is 7. The maximum atomic E-state index is 12.2. The third kappa shape index (κ3) is 4.48. The molecule has 2 rings (SSSR count). The zero-order valence-electron chi connectivity index (χ0n) is 14.6. The molecule has 2 amide bonds. The van der Waals surface area contributed by atoms with Crippen molar-refractivity contribution in [3.05, 3.63) is 29.3 Å². The topological polar surface area (TPSA) is 89.6 Å². The molecule has 134 valence electrons. The van der Waals surface area contributed by atoms with Gasteiger partial charge in [0.1, 0.15) is 16.7 Å². The molecule has 25 heavy (non-hydrogen) atoms. The lowest BCUT2D eigenvalue weighted by molar-refractivity contribution is -0.122. The molecule has 0 saturated carbocycles. The molecule has 0 saturated heterocycles. The number of thiazole rings is 1. The number of amides is 2. The summed E-state index contributed by atoms with van der Waals surface area (Å²) in [6.45, 7) is 3.96. The molecule has 0 unspecified atom stereocenters. The van der Waals surface area contributed by atoms with Gasteiger partial charge in [-0.15, -0.1) is 11.3 Å². The predicted octanol–water partition coefficient (Wildman–Crippen LogP) is 2.08. The second-order valence-corrected chi connectivity index (χ2v) is 6.06. The van der Waals surface area contributed by atoms with Crippen LogP contribution >= 0.6 is 11.3 Å². The first-order valence-corrected chi connectivity index (χ1v) is 8.64. The van der Waals surface area contributed by atoms with Gasteiger partial charge < -0.3 is 20.1 Å². The van der Waals surface area contributed by atoms with Gasteiger partial charge in [0.05, 0.1) is 14.2 Å². The summed E-state index contributed by atoms with van der Waals surface area (Å²) in [5, 5.41) is 7.63. The normalized spacial score (nSPS) is 11.5. The minimum atomic E-state index is -0.626. The van der Waals surface area contributed by atoms with Crippen LogP contribution in [-0.4, -0.2) is 43.6 Å². The average molecular weight is 363 g/mol. The van der Waals surface area contributed by atoms with E-state index in [2.05, 4.69) is 15.6 Å². The first-order chi connectivity index (χ1) is 12.0. The van der Waals surface area contributed by atoms with Crippen molar-refractivity contribution in [3.8, 4) is 22.1 Å². The third-order valence-electron chi connectivity index (χ3n) is 3.46. The van der Waals surface area contributed by atoms with Crippen molar-refractivity contribution < 1.29 is 19.1 Å². The number of hydrogen-bond acceptors (Lipinski definition) is 6. The monoisotopic (exact) mass is 363 g/mol. The van der Waals surface area contributed by atoms with Crippen LogP contribution in [0.5, 0.6) is 11.5 Å². The van der Waals surface area contributed by atoms with Crippen molar-refractivity contribution in [3.63, 3.8) is 0 Å². The van der Waals surface area contributed by atoms with E-state index < -0.39 is 6.04 Å². The van der Waals surface area contributed by atoms with Gasteiger partial charge in [-0.1, -0.05) is 0 Å². The van der Waals surface area contributed by atoms with Crippen molar-refractivity contribution >= 4 is 23.2 Å². The van der Waals surface area contributed by atoms with Crippen molar-refractivity contribution in [1.82, 2.24) is 15.6 Å². The van der Waals surface area contributed by atoms with Gasteiger partial charge in [-0.05, 0) is 32.0 Å². The van der Waals surface area contributed by atoms with Crippen molar-refractivity contribution in [2.75, 3.05) is 20.8 Å². The molecule has 1 atom stereocenters. The van der Waals surface area contributed by atoms with Crippen molar-refractivity contribution in [2.45, 2.75) is 19.9 Å². The number of carbonyl (C=O) groups excluding carboxylic acids is 2. The van der Waals surface area contributed by atoms with Crippen LogP contribution in [0.3, 0.4) is 0 Å². The Hall–Kier alpha value is -2.61. The van der Waals surface area contributed by atoms with E-state index >= 15 is 0 Å². The van der Waals surface area contributed by atoms with Gasteiger partial charge in [0.15, 0.2) is 11.5 Å². The van der Waals surface area contributed by atoms with E-state index in [4.69, 9.17) is 9.47 Å². The lowest BCUT2D eigenvalue weighted by Crippen LogP contribution is -2.44. The van der Waals surface area contributed by atoms with Gasteiger partial charge in [-0.2, -0.15) is 0 Å². The predicted molar refractivity (Wildman–Crippen MR) is 96.3 cm³/mol. The summed E-state index contributed by atoms with van der Waals surface area (Å²) in [6, 6.07) is 4.81. The number of likely N-dealkylation sites (N-methyl/N-ethyl adjacent to an activating group) is 1. The molecule has 0 bridgehead atoms. The zero-order chi connectivity index (χ0) is 18.4. The Labute approximate surface area is 150 Å². The fourth-order valence-corrected chi connectivity index (χ4v) is 2.94. The Morgan fingerprint density at radius 3 is 2.60 bits per heavy atom. The summed E-state index contributed by atoms with van der Waals surface area (Å²) in [7, 11) is 3.13. The highest BCUT2D eigenvalue weighted by Crippen LogP contribution is 2.33. The fraction of sp³-hybridized carbons (Fsp3) is 0.353. The van der Waals surface area contributed by atoms with Crippen LogP contribution in [0.25, 0.3) is 10.6 Å². The quantitative estimate of drug-likeness (QED) is 0.786. The van der Waals surface area contributed by atoms with Gasteiger partial charge in [0.2, 0.25) is 5.91 Å². The standard InChI is InChI=1S/C17H21N3O4S/c1-5-18-15(21)10(2)19-16(22)12-9-25-17(20-12)11-6-7-13(23-3)14(8-11)24-4/h6-10H,5H2,1-4H3,(H,18,21)(H,19,22)/t10-/m1/s1. The zero-order valence-corrected chi connectivity index (χ0v) is 15.4. The SMILES string of the molecule is CCNC(=O)[C@@H](C)NC(=O)c1csc(-c2ccc(OC)c(OC)c2)n1. The summed E-state index contributed by atoms with van der Waals surface area (Å²) >= 11 is 1.34. The Morgan fingerprint density at radius 1 is 1.24 bits per heavy atom.